The highest BCUT2D eigenvalue weighted by molar-refractivity contribution is 6.09. The molecule has 3 saturated heterocycles. The molecule has 2 aromatic carbocycles. The van der Waals surface area contributed by atoms with Crippen molar-refractivity contribution in [1.29, 1.82) is 0 Å². The second kappa shape index (κ2) is 9.58. The number of fused-ring (bicyclic) bond motifs is 2. The Bertz CT molecular complexity index is 1810. The quantitative estimate of drug-likeness (QED) is 0.227. The summed E-state index contributed by atoms with van der Waals surface area (Å²) in [6, 6.07) is 15.9. The molecule has 0 atom stereocenters. The van der Waals surface area contributed by atoms with E-state index >= 15 is 0 Å². The van der Waals surface area contributed by atoms with Crippen molar-refractivity contribution in [2.24, 2.45) is 0 Å². The topological polar surface area (TPSA) is 120 Å². The largest absolute Gasteiger partial charge is 0.478 e. The van der Waals surface area contributed by atoms with E-state index in [2.05, 4.69) is 9.48 Å². The van der Waals surface area contributed by atoms with Gasteiger partial charge in [-0.2, -0.15) is 0 Å². The number of aromatic carboxylic acids is 1. The summed E-state index contributed by atoms with van der Waals surface area (Å²) in [5.74, 6) is -2.69. The highest BCUT2D eigenvalue weighted by atomic mass is 16.7. The van der Waals surface area contributed by atoms with E-state index in [9.17, 15) is 24.3 Å². The van der Waals surface area contributed by atoms with Gasteiger partial charge in [0.1, 0.15) is 24.4 Å². The fourth-order valence-corrected chi connectivity index (χ4v) is 5.56. The van der Waals surface area contributed by atoms with Gasteiger partial charge in [0.2, 0.25) is 5.36 Å². The Morgan fingerprint density at radius 3 is 2.32 bits per heavy atom. The Morgan fingerprint density at radius 2 is 1.66 bits per heavy atom. The second-order valence-corrected chi connectivity index (χ2v) is 10.5. The maximum atomic E-state index is 13.1. The van der Waals surface area contributed by atoms with Crippen molar-refractivity contribution >= 4 is 40.4 Å². The number of hydrogen-bond acceptors (Lipinski definition) is 7. The van der Waals surface area contributed by atoms with Crippen LogP contribution in [0.3, 0.4) is 0 Å². The van der Waals surface area contributed by atoms with Crippen molar-refractivity contribution in [3.8, 4) is 22.5 Å². The number of hydrogen-bond donors (Lipinski definition) is 1. The summed E-state index contributed by atoms with van der Waals surface area (Å²) in [4.78, 5) is 56.9. The highest BCUT2D eigenvalue weighted by Crippen LogP contribution is 2.42. The minimum absolute atomic E-state index is 0.00832. The molecule has 4 aliphatic heterocycles. The Labute approximate surface area is 234 Å². The van der Waals surface area contributed by atoms with Crippen LogP contribution >= 0.6 is 0 Å². The van der Waals surface area contributed by atoms with Gasteiger partial charge in [0.15, 0.2) is 0 Å². The number of hydroxylamine groups is 2. The third-order valence-corrected chi connectivity index (χ3v) is 8.07. The predicted molar refractivity (Wildman–Crippen MR) is 148 cm³/mol. The number of carbonyl (C=O) groups is 4. The number of imide groups is 1. The van der Waals surface area contributed by atoms with Gasteiger partial charge in [0.25, 0.3) is 11.8 Å². The van der Waals surface area contributed by atoms with E-state index in [-0.39, 0.29) is 24.0 Å². The summed E-state index contributed by atoms with van der Waals surface area (Å²) >= 11 is 0. The van der Waals surface area contributed by atoms with E-state index in [0.717, 1.165) is 50.1 Å². The molecule has 3 fully saturated rings. The smallest absolute Gasteiger partial charge is 0.363 e. The third-order valence-electron chi connectivity index (χ3n) is 8.07. The van der Waals surface area contributed by atoms with Crippen molar-refractivity contribution in [1.82, 2.24) is 9.64 Å². The number of anilines is 1. The van der Waals surface area contributed by atoms with Crippen LogP contribution < -0.4 is 14.8 Å². The molecule has 206 valence electrons. The first-order valence-corrected chi connectivity index (χ1v) is 13.7. The van der Waals surface area contributed by atoms with Crippen molar-refractivity contribution in [3.63, 3.8) is 0 Å². The van der Waals surface area contributed by atoms with Crippen LogP contribution in [0.4, 0.5) is 5.69 Å². The minimum Gasteiger partial charge on any atom is -0.478 e. The number of carboxylic acids is 1. The molecule has 0 bridgehead atoms. The average Bonchev–Trinajstić information content (AvgIpc) is 3.21. The lowest BCUT2D eigenvalue weighted by molar-refractivity contribution is -0.172. The van der Waals surface area contributed by atoms with Crippen molar-refractivity contribution < 1.29 is 33.5 Å². The lowest BCUT2D eigenvalue weighted by Crippen LogP contribution is -2.40. The summed E-state index contributed by atoms with van der Waals surface area (Å²) in [7, 11) is 0. The Hall–Kier alpha value is -4.99. The van der Waals surface area contributed by atoms with E-state index in [0.29, 0.717) is 38.5 Å². The molecule has 0 saturated carbocycles. The van der Waals surface area contributed by atoms with Gasteiger partial charge in [0.05, 0.1) is 23.6 Å². The summed E-state index contributed by atoms with van der Waals surface area (Å²) in [5.41, 5.74) is 3.20. The molecule has 2 amide bonds. The molecule has 2 aromatic rings. The molecule has 0 unspecified atom stereocenters. The first-order chi connectivity index (χ1) is 19.9. The zero-order valence-electron chi connectivity index (χ0n) is 22.1. The van der Waals surface area contributed by atoms with Gasteiger partial charge in [0, 0.05) is 60.3 Å². The van der Waals surface area contributed by atoms with Crippen LogP contribution in [0.15, 0.2) is 59.0 Å². The average molecular weight is 553 g/mol. The van der Waals surface area contributed by atoms with Crippen molar-refractivity contribution in [2.75, 3.05) is 31.1 Å². The lowest BCUT2D eigenvalue weighted by Gasteiger charge is -2.33. The summed E-state index contributed by atoms with van der Waals surface area (Å²) < 4.78 is 8.69. The molecule has 1 N–H and O–H groups in total. The molecule has 4 heterocycles. The number of carboxylic acid groups (broad SMARTS) is 1. The summed E-state index contributed by atoms with van der Waals surface area (Å²) in [5, 5.41) is 12.4. The van der Waals surface area contributed by atoms with E-state index in [1.165, 1.54) is 18.2 Å². The van der Waals surface area contributed by atoms with E-state index in [1.54, 1.807) is 0 Å². The monoisotopic (exact) mass is 552 g/mol. The van der Waals surface area contributed by atoms with Gasteiger partial charge in [-0.15, -0.1) is 5.06 Å². The van der Waals surface area contributed by atoms with Crippen molar-refractivity contribution in [2.45, 2.75) is 25.7 Å². The Kier molecular flexibility index (Phi) is 5.84. The van der Waals surface area contributed by atoms with Crippen LogP contribution in [0.1, 0.15) is 46.4 Å². The standard InChI is InChI=1S/C31H25N3O7/c35-27-9-10-28(36)34(27)41-31(39)18-3-6-21(30(37)38)24(15-18)29-22-7-4-19(32-11-1-12-32)16-25(22)40-26-17-20(5-8-23(26)29)33-13-2-14-33/h3-8,15-17H,1-2,9-14H2/p+1. The first kappa shape index (κ1) is 25.0. The number of rotatable bonds is 5. The maximum absolute atomic E-state index is 13.1. The SMILES string of the molecule is O=C(ON1C(=O)CCC1=O)c1ccc(C(=O)O)c(-c2c3ccc(=[N+]4CCC4)cc-3oc3cc(N4CCC4)ccc23)c1. The van der Waals surface area contributed by atoms with Gasteiger partial charge in [-0.05, 0) is 48.4 Å². The van der Waals surface area contributed by atoms with Gasteiger partial charge in [-0.25, -0.2) is 14.2 Å². The van der Waals surface area contributed by atoms with Crippen LogP contribution in [0.2, 0.25) is 0 Å². The zero-order valence-corrected chi connectivity index (χ0v) is 22.1. The van der Waals surface area contributed by atoms with Gasteiger partial charge in [-0.3, -0.25) is 9.59 Å². The van der Waals surface area contributed by atoms with Gasteiger partial charge < -0.3 is 19.3 Å². The fraction of sp³-hybridized carbons (Fsp3) is 0.258. The van der Waals surface area contributed by atoms with E-state index in [4.69, 9.17) is 9.25 Å². The Balaban J connectivity index is 1.43. The predicted octanol–water partition coefficient (Wildman–Crippen LogP) is 3.51. The normalized spacial score (nSPS) is 16.7. The number of carbonyl (C=O) groups excluding carboxylic acids is 3. The van der Waals surface area contributed by atoms with Crippen LogP contribution in [-0.2, 0) is 14.4 Å². The molecular formula is C31H26N3O7+. The Morgan fingerprint density at radius 1 is 0.878 bits per heavy atom. The minimum atomic E-state index is -1.17. The van der Waals surface area contributed by atoms with Crippen LogP contribution in [-0.4, -0.2) is 60.1 Å². The highest BCUT2D eigenvalue weighted by Gasteiger charge is 2.34. The molecule has 1 aliphatic carbocycles. The molecule has 41 heavy (non-hydrogen) atoms. The second-order valence-electron chi connectivity index (χ2n) is 10.5. The summed E-state index contributed by atoms with van der Waals surface area (Å²) in [6.07, 6.45) is 2.19. The van der Waals surface area contributed by atoms with Gasteiger partial charge >= 0.3 is 11.9 Å². The molecule has 0 aromatic heterocycles. The number of nitrogens with zero attached hydrogens (tertiary/aromatic N) is 3. The summed E-state index contributed by atoms with van der Waals surface area (Å²) in [6.45, 7) is 3.83. The number of amides is 2. The molecule has 5 aliphatic rings. The fourth-order valence-electron chi connectivity index (χ4n) is 5.56. The van der Waals surface area contributed by atoms with Crippen molar-refractivity contribution in [3.05, 3.63) is 71.1 Å². The van der Waals surface area contributed by atoms with Crippen LogP contribution in [0.5, 0.6) is 0 Å². The molecule has 7 rings (SSSR count). The first-order valence-electron chi connectivity index (χ1n) is 13.7. The van der Waals surface area contributed by atoms with Crippen LogP contribution in [0, 0.1) is 0 Å². The van der Waals surface area contributed by atoms with E-state index < -0.39 is 23.8 Å². The van der Waals surface area contributed by atoms with E-state index in [1.807, 2.05) is 36.4 Å². The van der Waals surface area contributed by atoms with Crippen LogP contribution in [0.25, 0.3) is 33.4 Å². The third kappa shape index (κ3) is 4.23. The molecule has 0 spiro atoms. The molecular weight excluding hydrogens is 526 g/mol. The van der Waals surface area contributed by atoms with Gasteiger partial charge in [-0.1, -0.05) is 0 Å². The molecule has 0 radical (unpaired) electrons. The maximum Gasteiger partial charge on any atom is 0.363 e. The molecule has 10 nitrogen and oxygen atoms in total. The zero-order chi connectivity index (χ0) is 28.2. The lowest BCUT2D eigenvalue weighted by atomic mass is 9.89. The molecule has 10 heteroatoms. The number of benzene rings is 3.